The average Bonchev–Trinajstić information content (AvgIpc) is 2.29. The number of nitrogens with one attached hydrogen (secondary N) is 1. The van der Waals surface area contributed by atoms with Crippen LogP contribution in [0.2, 0.25) is 5.02 Å². The molecule has 18 heavy (non-hydrogen) atoms. The van der Waals surface area contributed by atoms with Gasteiger partial charge in [-0.05, 0) is 18.2 Å². The Morgan fingerprint density at radius 3 is 2.56 bits per heavy atom. The molecule has 0 saturated carbocycles. The summed E-state index contributed by atoms with van der Waals surface area (Å²) >= 11 is 5.42. The van der Waals surface area contributed by atoms with Gasteiger partial charge in [-0.3, -0.25) is 4.79 Å². The minimum Gasteiger partial charge on any atom is -0.480 e. The lowest BCUT2D eigenvalue weighted by molar-refractivity contribution is -0.139. The summed E-state index contributed by atoms with van der Waals surface area (Å²) in [5.41, 5.74) is 0. The number of hydrogen-bond donors (Lipinski definition) is 3. The Balaban J connectivity index is 3.06. The van der Waals surface area contributed by atoms with Gasteiger partial charge >= 0.3 is 5.97 Å². The predicted molar refractivity (Wildman–Crippen MR) is 60.2 cm³/mol. The van der Waals surface area contributed by atoms with Crippen molar-refractivity contribution in [1.29, 1.82) is 0 Å². The van der Waals surface area contributed by atoms with Crippen molar-refractivity contribution in [2.24, 2.45) is 0 Å². The number of carboxylic acid groups (broad SMARTS) is 1. The smallest absolute Gasteiger partial charge is 0.324 e. The number of rotatable bonds is 5. The topological polar surface area (TPSA) is 104 Å². The van der Waals surface area contributed by atoms with Gasteiger partial charge in [-0.2, -0.15) is 4.72 Å². The fraction of sp³-hybridized carbons (Fsp3) is 0.222. The van der Waals surface area contributed by atoms with Crippen LogP contribution in [-0.2, 0) is 14.8 Å². The fourth-order valence-electron chi connectivity index (χ4n) is 1.07. The number of hydrogen-bond acceptors (Lipinski definition) is 4. The highest BCUT2D eigenvalue weighted by molar-refractivity contribution is 7.89. The van der Waals surface area contributed by atoms with E-state index in [4.69, 9.17) is 21.8 Å². The molecular formula is C9H9ClFNO5S. The second-order valence-electron chi connectivity index (χ2n) is 3.27. The third-order valence-electron chi connectivity index (χ3n) is 1.98. The molecule has 6 nitrogen and oxygen atoms in total. The van der Waals surface area contributed by atoms with Crippen molar-refractivity contribution in [3.8, 4) is 0 Å². The molecule has 1 atom stereocenters. The van der Waals surface area contributed by atoms with Crippen LogP contribution in [0.1, 0.15) is 0 Å². The first-order valence-corrected chi connectivity index (χ1v) is 6.45. The number of halogens is 2. The summed E-state index contributed by atoms with van der Waals surface area (Å²) in [6, 6.07) is 0.930. The minimum absolute atomic E-state index is 0.395. The van der Waals surface area contributed by atoms with E-state index in [2.05, 4.69) is 0 Å². The van der Waals surface area contributed by atoms with Gasteiger partial charge in [0.2, 0.25) is 10.0 Å². The SMILES string of the molecule is O=C(O)[C@H](CO)NS(=O)(=O)c1ccc(F)c(Cl)c1. The van der Waals surface area contributed by atoms with Crippen LogP contribution in [0.15, 0.2) is 23.1 Å². The molecule has 0 aliphatic rings. The van der Waals surface area contributed by atoms with Gasteiger partial charge in [0.1, 0.15) is 11.9 Å². The van der Waals surface area contributed by atoms with E-state index in [0.29, 0.717) is 0 Å². The molecule has 0 unspecified atom stereocenters. The lowest BCUT2D eigenvalue weighted by atomic mass is 10.3. The molecule has 0 amide bonds. The fourth-order valence-corrected chi connectivity index (χ4v) is 2.52. The monoisotopic (exact) mass is 297 g/mol. The van der Waals surface area contributed by atoms with Gasteiger partial charge in [-0.15, -0.1) is 0 Å². The zero-order valence-electron chi connectivity index (χ0n) is 8.80. The van der Waals surface area contributed by atoms with Crippen molar-refractivity contribution in [2.45, 2.75) is 10.9 Å². The summed E-state index contributed by atoms with van der Waals surface area (Å²) < 4.78 is 38.0. The molecule has 3 N–H and O–H groups in total. The van der Waals surface area contributed by atoms with Crippen molar-refractivity contribution < 1.29 is 27.8 Å². The lowest BCUT2D eigenvalue weighted by Gasteiger charge is -2.12. The summed E-state index contributed by atoms with van der Waals surface area (Å²) in [4.78, 5) is 10.2. The van der Waals surface area contributed by atoms with Crippen LogP contribution in [0, 0.1) is 5.82 Å². The molecular weight excluding hydrogens is 289 g/mol. The molecule has 0 aliphatic heterocycles. The molecule has 1 rings (SSSR count). The Morgan fingerprint density at radius 2 is 2.11 bits per heavy atom. The van der Waals surface area contributed by atoms with Crippen LogP contribution >= 0.6 is 11.6 Å². The average molecular weight is 298 g/mol. The molecule has 100 valence electrons. The highest BCUT2D eigenvalue weighted by Gasteiger charge is 2.25. The first-order chi connectivity index (χ1) is 8.27. The number of aliphatic carboxylic acids is 1. The summed E-state index contributed by atoms with van der Waals surface area (Å²) in [7, 11) is -4.20. The molecule has 0 radical (unpaired) electrons. The number of carboxylic acids is 1. The highest BCUT2D eigenvalue weighted by atomic mass is 35.5. The van der Waals surface area contributed by atoms with Crippen LogP contribution in [0.5, 0.6) is 0 Å². The number of carbonyl (C=O) groups is 1. The highest BCUT2D eigenvalue weighted by Crippen LogP contribution is 2.19. The van der Waals surface area contributed by atoms with Gasteiger partial charge in [-0.25, -0.2) is 12.8 Å². The van der Waals surface area contributed by atoms with Crippen LogP contribution in [0.25, 0.3) is 0 Å². The van der Waals surface area contributed by atoms with Gasteiger partial charge < -0.3 is 10.2 Å². The Morgan fingerprint density at radius 1 is 1.50 bits per heavy atom. The molecule has 0 bridgehead atoms. The maximum absolute atomic E-state index is 12.9. The number of sulfonamides is 1. The lowest BCUT2D eigenvalue weighted by Crippen LogP contribution is -2.43. The van der Waals surface area contributed by atoms with Gasteiger partial charge in [-0.1, -0.05) is 11.6 Å². The van der Waals surface area contributed by atoms with Crippen molar-refractivity contribution in [2.75, 3.05) is 6.61 Å². The minimum atomic E-state index is -4.20. The first kappa shape index (κ1) is 14.8. The molecule has 0 aliphatic carbocycles. The third kappa shape index (κ3) is 3.39. The Kier molecular flexibility index (Phi) is 4.63. The zero-order chi connectivity index (χ0) is 13.9. The zero-order valence-corrected chi connectivity index (χ0v) is 10.4. The van der Waals surface area contributed by atoms with Crippen LogP contribution in [-0.4, -0.2) is 37.2 Å². The maximum atomic E-state index is 12.9. The van der Waals surface area contributed by atoms with Crippen molar-refractivity contribution in [1.82, 2.24) is 4.72 Å². The molecule has 1 aromatic carbocycles. The van der Waals surface area contributed by atoms with E-state index in [1.54, 1.807) is 4.72 Å². The molecule has 0 spiro atoms. The molecule has 0 heterocycles. The second-order valence-corrected chi connectivity index (χ2v) is 5.39. The van der Waals surface area contributed by atoms with Crippen LogP contribution < -0.4 is 4.72 Å². The van der Waals surface area contributed by atoms with Crippen molar-refractivity contribution in [3.05, 3.63) is 29.0 Å². The Hall–Kier alpha value is -1.22. The molecule has 1 aromatic rings. The second kappa shape index (κ2) is 5.61. The Labute approximate surface area is 107 Å². The van der Waals surface area contributed by atoms with E-state index in [1.165, 1.54) is 0 Å². The summed E-state index contributed by atoms with van der Waals surface area (Å²) in [6.45, 7) is -0.913. The van der Waals surface area contributed by atoms with Crippen molar-refractivity contribution in [3.63, 3.8) is 0 Å². The molecule has 0 aromatic heterocycles. The Bertz CT molecular complexity index is 562. The first-order valence-electron chi connectivity index (χ1n) is 4.59. The molecule has 0 fully saturated rings. The van der Waals surface area contributed by atoms with E-state index in [1.807, 2.05) is 0 Å². The number of benzene rings is 1. The van der Waals surface area contributed by atoms with E-state index < -0.39 is 44.4 Å². The van der Waals surface area contributed by atoms with Gasteiger partial charge in [0.05, 0.1) is 16.5 Å². The van der Waals surface area contributed by atoms with Gasteiger partial charge in [0, 0.05) is 0 Å². The van der Waals surface area contributed by atoms with E-state index in [9.17, 15) is 17.6 Å². The molecule has 9 heteroatoms. The van der Waals surface area contributed by atoms with Crippen LogP contribution in [0.3, 0.4) is 0 Å². The summed E-state index contributed by atoms with van der Waals surface area (Å²) in [5.74, 6) is -2.33. The standard InChI is InChI=1S/C9H9ClFNO5S/c10-6-3-5(1-2-7(6)11)18(16,17)12-8(4-13)9(14)15/h1-3,8,12-13H,4H2,(H,14,15)/t8-/m0/s1. The summed E-state index contributed by atoms with van der Waals surface area (Å²) in [6.07, 6.45) is 0. The normalized spacial score (nSPS) is 13.3. The number of aliphatic hydroxyl groups excluding tert-OH is 1. The van der Waals surface area contributed by atoms with Gasteiger partial charge in [0.25, 0.3) is 0 Å². The van der Waals surface area contributed by atoms with Crippen molar-refractivity contribution >= 4 is 27.6 Å². The van der Waals surface area contributed by atoms with E-state index in [0.717, 1.165) is 18.2 Å². The maximum Gasteiger partial charge on any atom is 0.324 e. The summed E-state index contributed by atoms with van der Waals surface area (Å²) in [5, 5.41) is 16.9. The van der Waals surface area contributed by atoms with Gasteiger partial charge in [0.15, 0.2) is 0 Å². The largest absolute Gasteiger partial charge is 0.480 e. The molecule has 0 saturated heterocycles. The third-order valence-corrected chi connectivity index (χ3v) is 3.74. The van der Waals surface area contributed by atoms with E-state index >= 15 is 0 Å². The predicted octanol–water partition coefficient (Wildman–Crippen LogP) is 0.203. The quantitative estimate of drug-likeness (QED) is 0.720. The van der Waals surface area contributed by atoms with Crippen LogP contribution in [0.4, 0.5) is 4.39 Å². The van der Waals surface area contributed by atoms with E-state index in [-0.39, 0.29) is 0 Å². The number of aliphatic hydroxyl groups is 1.